The third-order valence-corrected chi connectivity index (χ3v) is 5.66. The highest BCUT2D eigenvalue weighted by Gasteiger charge is 2.39. The molecule has 4 heteroatoms. The highest BCUT2D eigenvalue weighted by molar-refractivity contribution is 5.87. The largest absolute Gasteiger partial charge is 0.478 e. The molecule has 1 saturated carbocycles. The molecule has 0 aromatic heterocycles. The molecule has 0 spiro atoms. The number of carbonyl (C=O) groups is 1. The summed E-state index contributed by atoms with van der Waals surface area (Å²) in [6.07, 6.45) is 3.64. The van der Waals surface area contributed by atoms with Gasteiger partial charge in [0.1, 0.15) is 0 Å². The Morgan fingerprint density at radius 3 is 2.38 bits per heavy atom. The zero-order chi connectivity index (χ0) is 17.9. The lowest BCUT2D eigenvalue weighted by Crippen LogP contribution is -2.43. The molecule has 4 nitrogen and oxygen atoms in total. The first-order valence-electron chi connectivity index (χ1n) is 9.54. The van der Waals surface area contributed by atoms with Crippen molar-refractivity contribution in [2.45, 2.75) is 43.8 Å². The van der Waals surface area contributed by atoms with Crippen molar-refractivity contribution in [1.29, 1.82) is 0 Å². The van der Waals surface area contributed by atoms with Crippen LogP contribution in [0.3, 0.4) is 0 Å². The number of carboxylic acids is 1. The van der Waals surface area contributed by atoms with E-state index in [1.54, 1.807) is 12.1 Å². The second kappa shape index (κ2) is 7.60. The maximum Gasteiger partial charge on any atom is 0.335 e. The van der Waals surface area contributed by atoms with Gasteiger partial charge in [0.25, 0.3) is 0 Å². The van der Waals surface area contributed by atoms with Crippen LogP contribution in [-0.4, -0.2) is 41.1 Å². The zero-order valence-electron chi connectivity index (χ0n) is 15.0. The minimum Gasteiger partial charge on any atom is -0.478 e. The van der Waals surface area contributed by atoms with Crippen molar-refractivity contribution in [2.75, 3.05) is 13.1 Å². The summed E-state index contributed by atoms with van der Waals surface area (Å²) in [6.45, 7) is 3.10. The molecule has 26 heavy (non-hydrogen) atoms. The summed E-state index contributed by atoms with van der Waals surface area (Å²) in [7, 11) is 0. The Hall–Kier alpha value is -2.17. The highest BCUT2D eigenvalue weighted by atomic mass is 16.4. The summed E-state index contributed by atoms with van der Waals surface area (Å²) >= 11 is 0. The smallest absolute Gasteiger partial charge is 0.335 e. The van der Waals surface area contributed by atoms with Gasteiger partial charge in [0.2, 0.25) is 0 Å². The summed E-state index contributed by atoms with van der Waals surface area (Å²) in [6, 6.07) is 19.4. The number of piperidine rings is 1. The van der Waals surface area contributed by atoms with Gasteiger partial charge < -0.3 is 10.4 Å². The quantitative estimate of drug-likeness (QED) is 0.837. The Balaban J connectivity index is 1.22. The number of carboxylic acid groups (broad SMARTS) is 1. The van der Waals surface area contributed by atoms with Gasteiger partial charge in [0.05, 0.1) is 5.56 Å². The van der Waals surface area contributed by atoms with E-state index < -0.39 is 5.97 Å². The molecule has 1 heterocycles. The van der Waals surface area contributed by atoms with Gasteiger partial charge in [-0.1, -0.05) is 42.5 Å². The van der Waals surface area contributed by atoms with E-state index in [0.29, 0.717) is 23.6 Å². The molecule has 0 bridgehead atoms. The zero-order valence-corrected chi connectivity index (χ0v) is 15.0. The lowest BCUT2D eigenvalue weighted by Gasteiger charge is -2.32. The second-order valence-corrected chi connectivity index (χ2v) is 7.58. The third-order valence-electron chi connectivity index (χ3n) is 5.66. The highest BCUT2D eigenvalue weighted by Crippen LogP contribution is 2.41. The van der Waals surface area contributed by atoms with E-state index >= 15 is 0 Å². The van der Waals surface area contributed by atoms with E-state index in [9.17, 15) is 4.79 Å². The van der Waals surface area contributed by atoms with E-state index in [4.69, 9.17) is 5.11 Å². The topological polar surface area (TPSA) is 52.6 Å². The Morgan fingerprint density at radius 2 is 1.73 bits per heavy atom. The molecule has 2 unspecified atom stereocenters. The molecule has 2 aliphatic rings. The summed E-state index contributed by atoms with van der Waals surface area (Å²) in [5.74, 6) is -0.167. The Morgan fingerprint density at radius 1 is 1.04 bits per heavy atom. The van der Waals surface area contributed by atoms with Crippen molar-refractivity contribution in [3.63, 3.8) is 0 Å². The minimum absolute atomic E-state index is 0.356. The average molecular weight is 350 g/mol. The molecule has 2 fully saturated rings. The third kappa shape index (κ3) is 4.14. The number of rotatable bonds is 6. The number of aromatic carboxylic acids is 1. The fourth-order valence-electron chi connectivity index (χ4n) is 4.02. The van der Waals surface area contributed by atoms with Crippen molar-refractivity contribution in [3.8, 4) is 0 Å². The lowest BCUT2D eigenvalue weighted by molar-refractivity contribution is 0.0697. The van der Waals surface area contributed by atoms with E-state index in [0.717, 1.165) is 19.6 Å². The summed E-state index contributed by atoms with van der Waals surface area (Å²) in [5, 5.41) is 12.8. The van der Waals surface area contributed by atoms with Crippen LogP contribution >= 0.6 is 0 Å². The molecule has 4 rings (SSSR count). The van der Waals surface area contributed by atoms with Gasteiger partial charge in [-0.15, -0.1) is 0 Å². The molecule has 1 saturated heterocycles. The van der Waals surface area contributed by atoms with Gasteiger partial charge in [-0.2, -0.15) is 0 Å². The first kappa shape index (κ1) is 17.3. The van der Waals surface area contributed by atoms with E-state index in [-0.39, 0.29) is 0 Å². The molecule has 1 aliphatic carbocycles. The molecular weight excluding hydrogens is 324 g/mol. The van der Waals surface area contributed by atoms with Crippen molar-refractivity contribution in [3.05, 3.63) is 71.3 Å². The molecule has 2 N–H and O–H groups in total. The number of nitrogens with zero attached hydrogens (tertiary/aromatic N) is 1. The molecule has 0 radical (unpaired) electrons. The Labute approximate surface area is 154 Å². The van der Waals surface area contributed by atoms with Crippen LogP contribution in [0.1, 0.15) is 46.7 Å². The van der Waals surface area contributed by atoms with Crippen LogP contribution in [-0.2, 0) is 6.54 Å². The van der Waals surface area contributed by atoms with E-state index in [2.05, 4.69) is 40.5 Å². The van der Waals surface area contributed by atoms with Gasteiger partial charge in [-0.05, 0) is 55.6 Å². The van der Waals surface area contributed by atoms with Crippen LogP contribution < -0.4 is 5.32 Å². The van der Waals surface area contributed by atoms with Gasteiger partial charge in [-0.25, -0.2) is 4.79 Å². The maximum absolute atomic E-state index is 10.9. The molecule has 2 aromatic rings. The van der Waals surface area contributed by atoms with Crippen LogP contribution in [0.15, 0.2) is 54.6 Å². The van der Waals surface area contributed by atoms with Gasteiger partial charge >= 0.3 is 5.97 Å². The van der Waals surface area contributed by atoms with Gasteiger partial charge in [-0.3, -0.25) is 4.90 Å². The first-order chi connectivity index (χ1) is 12.7. The molecule has 0 amide bonds. The predicted octanol–water partition coefficient (Wildman–Crippen LogP) is 3.49. The van der Waals surface area contributed by atoms with Crippen LogP contribution in [0.25, 0.3) is 0 Å². The standard InChI is InChI=1S/C22H26N2O2/c25-22(26)18-8-6-16(7-9-18)15-24-12-10-19(11-13-24)23-21-14-20(21)17-4-2-1-3-5-17/h1-9,19-21,23H,10-15H2,(H,25,26). The monoisotopic (exact) mass is 350 g/mol. The van der Waals surface area contributed by atoms with Crippen molar-refractivity contribution in [1.82, 2.24) is 10.2 Å². The first-order valence-corrected chi connectivity index (χ1v) is 9.54. The Bertz CT molecular complexity index is 736. The Kier molecular flexibility index (Phi) is 5.05. The molecular formula is C22H26N2O2. The van der Waals surface area contributed by atoms with Crippen molar-refractivity contribution >= 4 is 5.97 Å². The molecule has 136 valence electrons. The molecule has 2 aromatic carbocycles. The average Bonchev–Trinajstić information content (AvgIpc) is 3.44. The fourth-order valence-corrected chi connectivity index (χ4v) is 4.02. The van der Waals surface area contributed by atoms with E-state index in [1.807, 2.05) is 12.1 Å². The van der Waals surface area contributed by atoms with Crippen LogP contribution in [0.5, 0.6) is 0 Å². The summed E-state index contributed by atoms with van der Waals surface area (Å²) < 4.78 is 0. The van der Waals surface area contributed by atoms with E-state index in [1.165, 1.54) is 30.4 Å². The molecule has 1 aliphatic heterocycles. The number of likely N-dealkylation sites (tertiary alicyclic amines) is 1. The maximum atomic E-state index is 10.9. The normalized spacial score (nSPS) is 23.7. The number of benzene rings is 2. The van der Waals surface area contributed by atoms with Crippen LogP contribution in [0.4, 0.5) is 0 Å². The summed E-state index contributed by atoms with van der Waals surface area (Å²) in [5.41, 5.74) is 3.01. The van der Waals surface area contributed by atoms with Crippen molar-refractivity contribution < 1.29 is 9.90 Å². The molecule has 2 atom stereocenters. The second-order valence-electron chi connectivity index (χ2n) is 7.58. The minimum atomic E-state index is -0.864. The predicted molar refractivity (Wildman–Crippen MR) is 102 cm³/mol. The SMILES string of the molecule is O=C(O)c1ccc(CN2CCC(NC3CC3c3ccccc3)CC2)cc1. The van der Waals surface area contributed by atoms with Crippen molar-refractivity contribution in [2.24, 2.45) is 0 Å². The number of nitrogens with one attached hydrogen (secondary N) is 1. The number of hydrogen-bond acceptors (Lipinski definition) is 3. The van der Waals surface area contributed by atoms with Gasteiger partial charge in [0, 0.05) is 24.5 Å². The number of hydrogen-bond donors (Lipinski definition) is 2. The fraction of sp³-hybridized carbons (Fsp3) is 0.409. The lowest BCUT2D eigenvalue weighted by atomic mass is 10.0. The van der Waals surface area contributed by atoms with Gasteiger partial charge in [0.15, 0.2) is 0 Å². The van der Waals surface area contributed by atoms with Crippen LogP contribution in [0, 0.1) is 0 Å². The summed E-state index contributed by atoms with van der Waals surface area (Å²) in [4.78, 5) is 13.4. The van der Waals surface area contributed by atoms with Crippen LogP contribution in [0.2, 0.25) is 0 Å².